The lowest BCUT2D eigenvalue weighted by atomic mass is 9.93. The van der Waals surface area contributed by atoms with Gasteiger partial charge in [0.25, 0.3) is 11.7 Å². The lowest BCUT2D eigenvalue weighted by Crippen LogP contribution is -2.33. The summed E-state index contributed by atoms with van der Waals surface area (Å²) in [5.74, 6) is -1.64. The first-order valence-corrected chi connectivity index (χ1v) is 8.86. The highest BCUT2D eigenvalue weighted by Gasteiger charge is 2.38. The molecule has 0 aromatic heterocycles. The van der Waals surface area contributed by atoms with E-state index >= 15 is 0 Å². The first kappa shape index (κ1) is 17.9. The Hall–Kier alpha value is -3.48. The van der Waals surface area contributed by atoms with Crippen LogP contribution in [0.25, 0.3) is 5.57 Å². The highest BCUT2D eigenvalue weighted by atomic mass is 19.1. The first-order chi connectivity index (χ1) is 13.5. The number of hydrogen-bond donors (Lipinski definition) is 1. The number of nitrogens with zero attached hydrogens (tertiary/aromatic N) is 2. The molecule has 2 aliphatic heterocycles. The number of carbonyl (C=O) groups is 3. The van der Waals surface area contributed by atoms with E-state index in [2.05, 4.69) is 0 Å². The number of halogens is 1. The second-order valence-corrected chi connectivity index (χ2v) is 6.76. The Morgan fingerprint density at radius 1 is 1.14 bits per heavy atom. The Morgan fingerprint density at radius 2 is 1.93 bits per heavy atom. The molecule has 28 heavy (non-hydrogen) atoms. The molecule has 0 saturated carbocycles. The quantitative estimate of drug-likeness (QED) is 0.829. The monoisotopic (exact) mass is 380 g/mol. The molecule has 0 unspecified atom stereocenters. The number of anilines is 1. The van der Waals surface area contributed by atoms with E-state index < -0.39 is 23.6 Å². The van der Waals surface area contributed by atoms with E-state index in [0.29, 0.717) is 35.3 Å². The molecule has 6 nitrogen and oxygen atoms in total. The number of ketones is 1. The van der Waals surface area contributed by atoms with Crippen molar-refractivity contribution in [2.75, 3.05) is 18.0 Å². The van der Waals surface area contributed by atoms with Crippen molar-refractivity contribution in [3.05, 3.63) is 71.0 Å². The number of fused-ring (bicyclic) bond motifs is 1. The van der Waals surface area contributed by atoms with Crippen LogP contribution in [0.4, 0.5) is 14.9 Å². The van der Waals surface area contributed by atoms with E-state index in [4.69, 9.17) is 5.11 Å². The fourth-order valence-electron chi connectivity index (χ4n) is 3.67. The zero-order valence-electron chi connectivity index (χ0n) is 14.9. The number of Topliss-reactive ketones (excluding diaryl/α,β-unsaturated/α-hetero) is 1. The van der Waals surface area contributed by atoms with Gasteiger partial charge in [0.1, 0.15) is 5.82 Å². The largest absolute Gasteiger partial charge is 0.465 e. The van der Waals surface area contributed by atoms with Gasteiger partial charge in [0.05, 0.1) is 17.8 Å². The summed E-state index contributed by atoms with van der Waals surface area (Å²) in [5.41, 5.74) is 2.93. The molecule has 142 valence electrons. The molecule has 1 N–H and O–H groups in total. The summed E-state index contributed by atoms with van der Waals surface area (Å²) < 4.78 is 13.5. The zero-order valence-corrected chi connectivity index (χ0v) is 14.9. The van der Waals surface area contributed by atoms with Crippen LogP contribution in [0.15, 0.2) is 48.5 Å². The zero-order chi connectivity index (χ0) is 19.8. The lowest BCUT2D eigenvalue weighted by molar-refractivity contribution is -0.114. The van der Waals surface area contributed by atoms with E-state index in [-0.39, 0.29) is 13.1 Å². The SMILES string of the molecule is O=C1C(=O)N(Cc2cccc(F)c2)c2cccc(C3=CCN(C(=O)O)CC3)c21. The molecule has 0 saturated heterocycles. The van der Waals surface area contributed by atoms with Crippen molar-refractivity contribution in [2.24, 2.45) is 0 Å². The van der Waals surface area contributed by atoms with Gasteiger partial charge >= 0.3 is 6.09 Å². The van der Waals surface area contributed by atoms with Gasteiger partial charge in [-0.15, -0.1) is 0 Å². The number of amides is 2. The molecule has 2 aliphatic rings. The van der Waals surface area contributed by atoms with Crippen LogP contribution in [0.1, 0.15) is 27.9 Å². The molecule has 2 aromatic carbocycles. The van der Waals surface area contributed by atoms with Crippen LogP contribution < -0.4 is 4.90 Å². The number of rotatable bonds is 3. The van der Waals surface area contributed by atoms with Gasteiger partial charge in [0, 0.05) is 13.1 Å². The maximum absolute atomic E-state index is 13.5. The van der Waals surface area contributed by atoms with Crippen LogP contribution in [-0.2, 0) is 11.3 Å². The Bertz CT molecular complexity index is 1030. The van der Waals surface area contributed by atoms with E-state index in [1.165, 1.54) is 21.9 Å². The van der Waals surface area contributed by atoms with Crippen LogP contribution in [0, 0.1) is 5.82 Å². The average Bonchev–Trinajstić information content (AvgIpc) is 2.93. The summed E-state index contributed by atoms with van der Waals surface area (Å²) in [4.78, 5) is 39.0. The summed E-state index contributed by atoms with van der Waals surface area (Å²) in [6.07, 6.45) is 1.26. The molecule has 2 amide bonds. The minimum Gasteiger partial charge on any atom is -0.465 e. The summed E-state index contributed by atoms with van der Waals surface area (Å²) in [6, 6.07) is 11.2. The Kier molecular flexibility index (Phi) is 4.43. The summed E-state index contributed by atoms with van der Waals surface area (Å²) in [7, 11) is 0. The second-order valence-electron chi connectivity index (χ2n) is 6.76. The van der Waals surface area contributed by atoms with Gasteiger partial charge in [0.2, 0.25) is 0 Å². The Morgan fingerprint density at radius 3 is 2.61 bits per heavy atom. The lowest BCUT2D eigenvalue weighted by Gasteiger charge is -2.24. The third-order valence-electron chi connectivity index (χ3n) is 5.06. The van der Waals surface area contributed by atoms with Crippen LogP contribution >= 0.6 is 0 Å². The van der Waals surface area contributed by atoms with Crippen molar-refractivity contribution >= 4 is 29.0 Å². The summed E-state index contributed by atoms with van der Waals surface area (Å²) in [5, 5.41) is 9.09. The maximum Gasteiger partial charge on any atom is 0.407 e. The molecule has 0 fully saturated rings. The average molecular weight is 380 g/mol. The van der Waals surface area contributed by atoms with Crippen LogP contribution in [0.3, 0.4) is 0 Å². The van der Waals surface area contributed by atoms with Crippen molar-refractivity contribution in [1.82, 2.24) is 4.90 Å². The molecule has 0 aliphatic carbocycles. The molecule has 4 rings (SSSR count). The molecular weight excluding hydrogens is 363 g/mol. The number of hydrogen-bond acceptors (Lipinski definition) is 3. The van der Waals surface area contributed by atoms with Gasteiger partial charge in [-0.05, 0) is 41.3 Å². The van der Waals surface area contributed by atoms with Gasteiger partial charge in [-0.25, -0.2) is 9.18 Å². The molecule has 2 aromatic rings. The number of carboxylic acid groups (broad SMARTS) is 1. The predicted octanol–water partition coefficient (Wildman–Crippen LogP) is 3.32. The molecule has 0 spiro atoms. The maximum atomic E-state index is 13.5. The molecule has 2 heterocycles. The van der Waals surface area contributed by atoms with Gasteiger partial charge in [-0.3, -0.25) is 9.59 Å². The molecule has 7 heteroatoms. The molecular formula is C21H17FN2O4. The minimum absolute atomic E-state index is 0.102. The van der Waals surface area contributed by atoms with E-state index in [1.807, 2.05) is 0 Å². The fourth-order valence-corrected chi connectivity index (χ4v) is 3.67. The van der Waals surface area contributed by atoms with E-state index in [9.17, 15) is 18.8 Å². The Labute approximate surface area is 160 Å². The Balaban J connectivity index is 1.69. The fraction of sp³-hybridized carbons (Fsp3) is 0.190. The third-order valence-corrected chi connectivity index (χ3v) is 5.06. The summed E-state index contributed by atoms with van der Waals surface area (Å²) in [6.45, 7) is 0.675. The first-order valence-electron chi connectivity index (χ1n) is 8.86. The van der Waals surface area contributed by atoms with Gasteiger partial charge in [-0.2, -0.15) is 0 Å². The van der Waals surface area contributed by atoms with Gasteiger partial charge in [0.15, 0.2) is 0 Å². The van der Waals surface area contributed by atoms with Crippen LogP contribution in [0.2, 0.25) is 0 Å². The van der Waals surface area contributed by atoms with E-state index in [0.717, 1.165) is 5.57 Å². The van der Waals surface area contributed by atoms with Crippen molar-refractivity contribution in [3.8, 4) is 0 Å². The van der Waals surface area contributed by atoms with Gasteiger partial charge in [-0.1, -0.05) is 30.3 Å². The number of benzene rings is 2. The minimum atomic E-state index is -0.985. The molecule has 0 bridgehead atoms. The highest BCUT2D eigenvalue weighted by molar-refractivity contribution is 6.52. The van der Waals surface area contributed by atoms with Crippen molar-refractivity contribution in [2.45, 2.75) is 13.0 Å². The van der Waals surface area contributed by atoms with Gasteiger partial charge < -0.3 is 14.9 Å². The predicted molar refractivity (Wildman–Crippen MR) is 101 cm³/mol. The standard InChI is InChI=1S/C21H17FN2O4/c22-15-4-1-3-13(11-15)12-24-17-6-2-5-16(18(17)19(25)20(24)26)14-7-9-23(10-8-14)21(27)28/h1-7,11H,8-10,12H2,(H,27,28). The highest BCUT2D eigenvalue weighted by Crippen LogP contribution is 2.37. The third kappa shape index (κ3) is 3.05. The summed E-state index contributed by atoms with van der Waals surface area (Å²) >= 11 is 0. The molecule has 0 atom stereocenters. The molecule has 0 radical (unpaired) electrons. The number of carbonyl (C=O) groups excluding carboxylic acids is 2. The second kappa shape index (κ2) is 6.92. The van der Waals surface area contributed by atoms with Crippen LogP contribution in [-0.4, -0.2) is 40.9 Å². The van der Waals surface area contributed by atoms with Crippen molar-refractivity contribution < 1.29 is 23.9 Å². The van der Waals surface area contributed by atoms with Crippen molar-refractivity contribution in [3.63, 3.8) is 0 Å². The van der Waals surface area contributed by atoms with Crippen LogP contribution in [0.5, 0.6) is 0 Å². The smallest absolute Gasteiger partial charge is 0.407 e. The van der Waals surface area contributed by atoms with E-state index in [1.54, 1.807) is 36.4 Å². The normalized spacial score (nSPS) is 16.2. The topological polar surface area (TPSA) is 77.9 Å². The van der Waals surface area contributed by atoms with Crippen molar-refractivity contribution in [1.29, 1.82) is 0 Å².